The fourth-order valence-corrected chi connectivity index (χ4v) is 4.96. The number of phosphoric ester groups is 1. The molecule has 0 saturated carbocycles. The van der Waals surface area contributed by atoms with E-state index in [-0.39, 0.29) is 6.61 Å². The third kappa shape index (κ3) is 2.70. The van der Waals surface area contributed by atoms with Crippen LogP contribution in [-0.2, 0) is 9.09 Å². The zero-order valence-corrected chi connectivity index (χ0v) is 15.8. The van der Waals surface area contributed by atoms with Crippen molar-refractivity contribution in [2.75, 3.05) is 6.61 Å². The summed E-state index contributed by atoms with van der Waals surface area (Å²) in [6.45, 7) is -0.389. The molecular formula is C22H16NO4P. The smallest absolute Gasteiger partial charge is 0.394 e. The van der Waals surface area contributed by atoms with Gasteiger partial charge in [-0.05, 0) is 46.2 Å². The molecule has 0 spiro atoms. The molecule has 0 bridgehead atoms. The number of fused-ring (bicyclic) bond motifs is 7. The van der Waals surface area contributed by atoms with Crippen molar-refractivity contribution in [3.63, 3.8) is 0 Å². The second-order valence-electron chi connectivity index (χ2n) is 6.65. The van der Waals surface area contributed by atoms with Gasteiger partial charge in [-0.25, -0.2) is 4.57 Å². The molecule has 0 N–H and O–H groups in total. The Morgan fingerprint density at radius 3 is 2.57 bits per heavy atom. The van der Waals surface area contributed by atoms with Gasteiger partial charge in [0.25, 0.3) is 0 Å². The summed E-state index contributed by atoms with van der Waals surface area (Å²) in [6, 6.07) is 17.3. The predicted molar refractivity (Wildman–Crippen MR) is 107 cm³/mol. The molecule has 6 heteroatoms. The highest BCUT2D eigenvalue weighted by molar-refractivity contribution is 7.49. The first kappa shape index (κ1) is 17.1. The monoisotopic (exact) mass is 389 g/mol. The molecule has 28 heavy (non-hydrogen) atoms. The number of nitrogens with zero attached hydrogens (tertiary/aromatic N) is 1. The van der Waals surface area contributed by atoms with Crippen LogP contribution in [0.4, 0.5) is 0 Å². The largest absolute Gasteiger partial charge is 0.588 e. The van der Waals surface area contributed by atoms with Crippen molar-refractivity contribution in [3.8, 4) is 28.7 Å². The molecular weight excluding hydrogens is 373 g/mol. The summed E-state index contributed by atoms with van der Waals surface area (Å²) >= 11 is 0. The van der Waals surface area contributed by atoms with Crippen LogP contribution in [0.1, 0.15) is 12.8 Å². The predicted octanol–water partition coefficient (Wildman–Crippen LogP) is 4.28. The molecule has 0 aromatic heterocycles. The van der Waals surface area contributed by atoms with E-state index in [4.69, 9.17) is 18.8 Å². The number of rotatable bonds is 2. The van der Waals surface area contributed by atoms with Crippen molar-refractivity contribution < 1.29 is 18.1 Å². The molecule has 0 saturated heterocycles. The van der Waals surface area contributed by atoms with E-state index >= 15 is 0 Å². The lowest BCUT2D eigenvalue weighted by Gasteiger charge is -2.15. The van der Waals surface area contributed by atoms with Crippen LogP contribution in [0.3, 0.4) is 0 Å². The molecule has 1 aliphatic carbocycles. The van der Waals surface area contributed by atoms with Gasteiger partial charge in [0, 0.05) is 11.1 Å². The van der Waals surface area contributed by atoms with Gasteiger partial charge in [-0.3, -0.25) is 4.52 Å². The third-order valence-electron chi connectivity index (χ3n) is 4.97. The number of benzene rings is 3. The fraction of sp³-hybridized carbons (Fsp3) is 0.136. The Labute approximate surface area is 161 Å². The molecule has 0 fully saturated rings. The Hall–Kier alpha value is -3.06. The first-order chi connectivity index (χ1) is 13.7. The van der Waals surface area contributed by atoms with E-state index in [0.717, 1.165) is 45.2 Å². The standard InChI is InChI=1S/C22H16NO4P/c23-13-14-25-28(24)26-19-11-9-15-5-1-3-7-17(15)21(19)22-18-8-4-2-6-16(18)10-12-20(22)27-28/h1,3,5-12H,2,4,14H2. The summed E-state index contributed by atoms with van der Waals surface area (Å²) in [7, 11) is -4.00. The quantitative estimate of drug-likeness (QED) is 0.612. The Morgan fingerprint density at radius 1 is 0.964 bits per heavy atom. The molecule has 1 aliphatic heterocycles. The lowest BCUT2D eigenvalue weighted by molar-refractivity contribution is 0.234. The molecule has 0 amide bonds. The second kappa shape index (κ2) is 6.53. The van der Waals surface area contributed by atoms with E-state index in [2.05, 4.69) is 12.2 Å². The highest BCUT2D eigenvalue weighted by Gasteiger charge is 2.37. The highest BCUT2D eigenvalue weighted by atomic mass is 31.2. The summed E-state index contributed by atoms with van der Waals surface area (Å²) in [5.74, 6) is 0.854. The Morgan fingerprint density at radius 2 is 1.71 bits per heavy atom. The van der Waals surface area contributed by atoms with E-state index in [1.54, 1.807) is 12.1 Å². The molecule has 3 aromatic rings. The summed E-state index contributed by atoms with van der Waals surface area (Å²) in [4.78, 5) is 0. The maximum atomic E-state index is 13.2. The van der Waals surface area contributed by atoms with Crippen LogP contribution in [0, 0.1) is 11.3 Å². The van der Waals surface area contributed by atoms with Crippen molar-refractivity contribution in [2.45, 2.75) is 12.8 Å². The van der Waals surface area contributed by atoms with E-state index < -0.39 is 7.82 Å². The third-order valence-corrected chi connectivity index (χ3v) is 6.25. The molecule has 0 radical (unpaired) electrons. The molecule has 1 heterocycles. The summed E-state index contributed by atoms with van der Waals surface area (Å²) < 4.78 is 29.9. The minimum atomic E-state index is -4.00. The van der Waals surface area contributed by atoms with Gasteiger partial charge in [-0.2, -0.15) is 5.26 Å². The van der Waals surface area contributed by atoms with Gasteiger partial charge >= 0.3 is 7.82 Å². The van der Waals surface area contributed by atoms with E-state index in [1.807, 2.05) is 42.5 Å². The maximum absolute atomic E-state index is 13.2. The number of phosphoric acid groups is 1. The lowest BCUT2D eigenvalue weighted by Crippen LogP contribution is -2.28. The van der Waals surface area contributed by atoms with Gasteiger partial charge in [0.2, 0.25) is 0 Å². The number of hydrogen-bond donors (Lipinski definition) is 0. The topological polar surface area (TPSA) is 68.5 Å². The van der Waals surface area contributed by atoms with Gasteiger partial charge in [-0.15, -0.1) is 0 Å². The molecule has 2 aliphatic rings. The van der Waals surface area contributed by atoms with Crippen molar-refractivity contribution in [1.82, 2.24) is 0 Å². The first-order valence-corrected chi connectivity index (χ1v) is 10.5. The lowest BCUT2D eigenvalue weighted by atomic mass is 9.92. The van der Waals surface area contributed by atoms with E-state index in [1.165, 1.54) is 0 Å². The van der Waals surface area contributed by atoms with Crippen LogP contribution in [-0.4, -0.2) is 6.61 Å². The molecule has 5 nitrogen and oxygen atoms in total. The summed E-state index contributed by atoms with van der Waals surface area (Å²) in [6.07, 6.45) is 6.27. The zero-order valence-electron chi connectivity index (χ0n) is 14.9. The van der Waals surface area contributed by atoms with Crippen LogP contribution in [0.5, 0.6) is 11.5 Å². The van der Waals surface area contributed by atoms with E-state index in [9.17, 15) is 4.57 Å². The van der Waals surface area contributed by atoms with Gasteiger partial charge in [0.05, 0.1) is 6.07 Å². The van der Waals surface area contributed by atoms with E-state index in [0.29, 0.717) is 11.5 Å². The molecule has 1 atom stereocenters. The van der Waals surface area contributed by atoms with Crippen LogP contribution in [0.15, 0.2) is 48.5 Å². The molecule has 138 valence electrons. The normalized spacial score (nSPS) is 19.4. The average molecular weight is 389 g/mol. The van der Waals surface area contributed by atoms with Crippen molar-refractivity contribution in [2.24, 2.45) is 0 Å². The molecule has 3 aromatic carbocycles. The SMILES string of the molecule is N#CCOP1(=O)Oc2ccc3c(c2-c2c(ccc4ccccc24)O1)=CCCC=3. The number of nitriles is 1. The first-order valence-electron chi connectivity index (χ1n) is 9.05. The minimum Gasteiger partial charge on any atom is -0.394 e. The average Bonchev–Trinajstić information content (AvgIpc) is 2.86. The van der Waals surface area contributed by atoms with Gasteiger partial charge in [-0.1, -0.05) is 48.6 Å². The van der Waals surface area contributed by atoms with Gasteiger partial charge in [0.15, 0.2) is 0 Å². The Balaban J connectivity index is 1.90. The zero-order chi connectivity index (χ0) is 19.1. The maximum Gasteiger partial charge on any atom is 0.588 e. The fourth-order valence-electron chi connectivity index (χ4n) is 3.82. The highest BCUT2D eigenvalue weighted by Crippen LogP contribution is 2.56. The number of hydrogen-bond acceptors (Lipinski definition) is 5. The van der Waals surface area contributed by atoms with Crippen molar-refractivity contribution in [3.05, 3.63) is 59.0 Å². The van der Waals surface area contributed by atoms with Gasteiger partial charge in [0.1, 0.15) is 18.1 Å². The van der Waals surface area contributed by atoms with Crippen LogP contribution in [0.2, 0.25) is 0 Å². The van der Waals surface area contributed by atoms with Crippen LogP contribution >= 0.6 is 7.82 Å². The summed E-state index contributed by atoms with van der Waals surface area (Å²) in [5, 5.41) is 13.0. The molecule has 1 unspecified atom stereocenters. The van der Waals surface area contributed by atoms with Crippen molar-refractivity contribution in [1.29, 1.82) is 5.26 Å². The van der Waals surface area contributed by atoms with Crippen molar-refractivity contribution >= 4 is 30.7 Å². The van der Waals surface area contributed by atoms with Crippen LogP contribution < -0.4 is 19.5 Å². The Kier molecular flexibility index (Phi) is 3.98. The van der Waals surface area contributed by atoms with Crippen LogP contribution in [0.25, 0.3) is 34.1 Å². The Bertz CT molecular complexity index is 1320. The summed E-state index contributed by atoms with van der Waals surface area (Å²) in [5.41, 5.74) is 1.67. The second-order valence-corrected chi connectivity index (χ2v) is 8.17. The minimum absolute atomic E-state index is 0.389. The molecule has 5 rings (SSSR count). The van der Waals surface area contributed by atoms with Gasteiger partial charge < -0.3 is 9.05 Å².